The number of hydrogen-bond acceptors (Lipinski definition) is 4. The van der Waals surface area contributed by atoms with Gasteiger partial charge in [0.05, 0.1) is 12.9 Å². The van der Waals surface area contributed by atoms with Gasteiger partial charge in [0, 0.05) is 13.0 Å². The molecule has 1 heterocycles. The van der Waals surface area contributed by atoms with Crippen LogP contribution in [0.4, 0.5) is 0 Å². The van der Waals surface area contributed by atoms with E-state index >= 15 is 0 Å². The molecule has 0 spiro atoms. The van der Waals surface area contributed by atoms with Crippen LogP contribution in [-0.4, -0.2) is 35.6 Å². The maximum absolute atomic E-state index is 10.2. The largest absolute Gasteiger partial charge is 0.481 e. The molecule has 0 amide bonds. The Morgan fingerprint density at radius 1 is 1.13 bits per heavy atom. The first kappa shape index (κ1) is 23.9. The molecule has 23 heavy (non-hydrogen) atoms. The zero-order chi connectivity index (χ0) is 17.8. The Hall–Kier alpha value is -1.37. The highest BCUT2D eigenvalue weighted by Crippen LogP contribution is 2.10. The molecule has 136 valence electrons. The quantitative estimate of drug-likeness (QED) is 0.357. The third-order valence-electron chi connectivity index (χ3n) is 3.06. The number of aliphatic imine (C=N–C) groups is 1. The van der Waals surface area contributed by atoms with Crippen molar-refractivity contribution in [3.8, 4) is 0 Å². The van der Waals surface area contributed by atoms with E-state index in [1.165, 1.54) is 44.9 Å². The molecule has 7 heteroatoms. The molecular weight excluding hydrogens is 312 g/mol. The van der Waals surface area contributed by atoms with E-state index in [0.717, 1.165) is 25.9 Å². The second-order valence-electron chi connectivity index (χ2n) is 5.36. The highest BCUT2D eigenvalue weighted by molar-refractivity contribution is 7.80. The van der Waals surface area contributed by atoms with Gasteiger partial charge >= 0.3 is 5.97 Å². The number of rotatable bonds is 10. The van der Waals surface area contributed by atoms with E-state index in [4.69, 9.17) is 5.11 Å². The summed E-state index contributed by atoms with van der Waals surface area (Å²) in [5.74, 6) is -0.659. The van der Waals surface area contributed by atoms with Gasteiger partial charge in [-0.3, -0.25) is 9.79 Å². The van der Waals surface area contributed by atoms with E-state index in [1.54, 1.807) is 6.34 Å². The Kier molecular flexibility index (Phi) is 21.4. The van der Waals surface area contributed by atoms with Crippen LogP contribution in [0.15, 0.2) is 4.99 Å². The Balaban J connectivity index is 0. The van der Waals surface area contributed by atoms with E-state index in [-0.39, 0.29) is 5.11 Å². The first-order valence-corrected chi connectivity index (χ1v) is 8.89. The predicted octanol–water partition coefficient (Wildman–Crippen LogP) is 2.80. The minimum Gasteiger partial charge on any atom is -0.481 e. The van der Waals surface area contributed by atoms with Gasteiger partial charge < -0.3 is 21.9 Å². The Bertz CT molecular complexity index is 302. The molecule has 0 bridgehead atoms. The van der Waals surface area contributed by atoms with Gasteiger partial charge in [-0.15, -0.1) is 0 Å². The van der Waals surface area contributed by atoms with Crippen molar-refractivity contribution >= 4 is 29.6 Å². The molecule has 0 aromatic carbocycles. The Labute approximate surface area is 146 Å². The van der Waals surface area contributed by atoms with Gasteiger partial charge in [0.2, 0.25) is 0 Å². The molecule has 0 radical (unpaired) electrons. The average Bonchev–Trinajstić information content (AvgIpc) is 3.04. The van der Waals surface area contributed by atoms with Crippen molar-refractivity contribution in [2.75, 3.05) is 13.1 Å². The van der Waals surface area contributed by atoms with Gasteiger partial charge in [0.25, 0.3) is 0 Å². The summed E-state index contributed by atoms with van der Waals surface area (Å²) < 4.78 is 0. The van der Waals surface area contributed by atoms with Crippen LogP contribution in [0.3, 0.4) is 0 Å². The molecule has 0 unspecified atom stereocenters. The van der Waals surface area contributed by atoms with Gasteiger partial charge in [0.15, 0.2) is 5.11 Å². The van der Waals surface area contributed by atoms with Crippen molar-refractivity contribution in [3.63, 3.8) is 0 Å². The molecule has 0 saturated heterocycles. The summed E-state index contributed by atoms with van der Waals surface area (Å²) in [6, 6.07) is 0. The van der Waals surface area contributed by atoms with Crippen molar-refractivity contribution < 1.29 is 9.90 Å². The maximum atomic E-state index is 10.2. The van der Waals surface area contributed by atoms with E-state index in [9.17, 15) is 4.79 Å². The molecule has 0 saturated carbocycles. The fourth-order valence-corrected chi connectivity index (χ4v) is 1.91. The number of nitrogens with two attached hydrogens (primary N) is 2. The molecule has 0 aliphatic carbocycles. The van der Waals surface area contributed by atoms with E-state index in [2.05, 4.69) is 40.9 Å². The SMILES string of the molecule is C1=NCCN1.CCCCCCCCCCCC(=O)O.NC(N)=S. The topological polar surface area (TPSA) is 114 Å². The van der Waals surface area contributed by atoms with Crippen molar-refractivity contribution in [1.82, 2.24) is 5.32 Å². The van der Waals surface area contributed by atoms with E-state index in [1.807, 2.05) is 0 Å². The number of carboxylic acid groups (broad SMARTS) is 1. The molecule has 1 rings (SSSR count). The fourth-order valence-electron chi connectivity index (χ4n) is 1.91. The number of hydrogen-bond donors (Lipinski definition) is 4. The zero-order valence-corrected chi connectivity index (χ0v) is 15.2. The lowest BCUT2D eigenvalue weighted by atomic mass is 10.1. The summed E-state index contributed by atoms with van der Waals surface area (Å²) in [5, 5.41) is 11.3. The first-order chi connectivity index (χ1) is 11.0. The van der Waals surface area contributed by atoms with Crippen LogP contribution >= 0.6 is 12.2 Å². The number of unbranched alkanes of at least 4 members (excludes halogenated alkanes) is 8. The van der Waals surface area contributed by atoms with Crippen molar-refractivity contribution in [3.05, 3.63) is 0 Å². The van der Waals surface area contributed by atoms with Gasteiger partial charge in [-0.1, -0.05) is 58.3 Å². The second kappa shape index (κ2) is 20.6. The maximum Gasteiger partial charge on any atom is 0.303 e. The van der Waals surface area contributed by atoms with Crippen molar-refractivity contribution in [1.29, 1.82) is 0 Å². The lowest BCUT2D eigenvalue weighted by Gasteiger charge is -2.00. The molecule has 0 aromatic heterocycles. The molecule has 1 aliphatic rings. The zero-order valence-electron chi connectivity index (χ0n) is 14.4. The van der Waals surface area contributed by atoms with Gasteiger partial charge in [-0.25, -0.2) is 0 Å². The van der Waals surface area contributed by atoms with Crippen LogP contribution in [0.1, 0.15) is 71.1 Å². The summed E-state index contributed by atoms with van der Waals surface area (Å²) in [6.07, 6.45) is 13.2. The summed E-state index contributed by atoms with van der Waals surface area (Å²) >= 11 is 4.09. The van der Waals surface area contributed by atoms with E-state index < -0.39 is 5.97 Å². The summed E-state index contributed by atoms with van der Waals surface area (Å²) in [7, 11) is 0. The highest BCUT2D eigenvalue weighted by Gasteiger charge is 1.96. The molecule has 0 aromatic rings. The molecule has 0 atom stereocenters. The highest BCUT2D eigenvalue weighted by atomic mass is 32.1. The Morgan fingerprint density at radius 2 is 1.61 bits per heavy atom. The van der Waals surface area contributed by atoms with Crippen LogP contribution < -0.4 is 16.8 Å². The smallest absolute Gasteiger partial charge is 0.303 e. The number of nitrogens with one attached hydrogen (secondary N) is 1. The van der Waals surface area contributed by atoms with Crippen molar-refractivity contribution in [2.45, 2.75) is 71.1 Å². The average molecular weight is 347 g/mol. The number of carbonyl (C=O) groups is 1. The van der Waals surface area contributed by atoms with Crippen LogP contribution in [-0.2, 0) is 4.79 Å². The molecule has 6 nitrogen and oxygen atoms in total. The normalized spacial score (nSPS) is 11.5. The number of carboxylic acids is 1. The van der Waals surface area contributed by atoms with Gasteiger partial charge in [-0.2, -0.15) is 0 Å². The molecule has 0 fully saturated rings. The minimum absolute atomic E-state index is 0.000000000000000222. The second-order valence-corrected chi connectivity index (χ2v) is 5.84. The number of thiocarbonyl (C=S) groups is 1. The van der Waals surface area contributed by atoms with Crippen LogP contribution in [0, 0.1) is 0 Å². The third kappa shape index (κ3) is 33.5. The van der Waals surface area contributed by atoms with Crippen LogP contribution in [0.2, 0.25) is 0 Å². The molecular formula is C16H34N4O2S. The fraction of sp³-hybridized carbons (Fsp3) is 0.812. The standard InChI is InChI=1S/C12H24O2.C3H6N2.CH4N2S/c1-2-3-4-5-6-7-8-9-10-11-12(13)14;1-2-5-3-4-1;2-1(3)4/h2-11H2,1H3,(H,13,14);3H,1-2H2,(H,4,5);(H4,2,3,4). The van der Waals surface area contributed by atoms with Crippen molar-refractivity contribution in [2.24, 2.45) is 16.5 Å². The van der Waals surface area contributed by atoms with Crippen LogP contribution in [0.5, 0.6) is 0 Å². The molecule has 1 aliphatic heterocycles. The first-order valence-electron chi connectivity index (χ1n) is 8.49. The monoisotopic (exact) mass is 346 g/mol. The lowest BCUT2D eigenvalue weighted by Crippen LogP contribution is -2.18. The number of nitrogens with zero attached hydrogens (tertiary/aromatic N) is 1. The molecule has 6 N–H and O–H groups in total. The summed E-state index contributed by atoms with van der Waals surface area (Å²) in [6.45, 7) is 4.21. The number of aliphatic carboxylic acids is 1. The summed E-state index contributed by atoms with van der Waals surface area (Å²) in [4.78, 5) is 14.1. The Morgan fingerprint density at radius 3 is 1.91 bits per heavy atom. The van der Waals surface area contributed by atoms with Crippen LogP contribution in [0.25, 0.3) is 0 Å². The minimum atomic E-state index is -0.659. The third-order valence-corrected chi connectivity index (χ3v) is 3.06. The lowest BCUT2D eigenvalue weighted by molar-refractivity contribution is -0.137. The van der Waals surface area contributed by atoms with Gasteiger partial charge in [0.1, 0.15) is 0 Å². The summed E-state index contributed by atoms with van der Waals surface area (Å²) in [5.41, 5.74) is 9.24. The van der Waals surface area contributed by atoms with E-state index in [0.29, 0.717) is 6.42 Å². The predicted molar refractivity (Wildman–Crippen MR) is 102 cm³/mol. The van der Waals surface area contributed by atoms with Gasteiger partial charge in [-0.05, 0) is 18.6 Å².